The predicted octanol–water partition coefficient (Wildman–Crippen LogP) is -0.503. The first-order valence-corrected chi connectivity index (χ1v) is 7.80. The summed E-state index contributed by atoms with van der Waals surface area (Å²) in [6.45, 7) is 14.6. The first kappa shape index (κ1) is 16.5. The van der Waals surface area contributed by atoms with Crippen molar-refractivity contribution < 1.29 is 25.9 Å². The average molecular weight is 320 g/mol. The van der Waals surface area contributed by atoms with Gasteiger partial charge in [0.1, 0.15) is 0 Å². The molecule has 108 valence electrons. The first-order chi connectivity index (χ1) is 8.11. The maximum Gasteiger partial charge on any atom is 0.0841 e. The van der Waals surface area contributed by atoms with Crippen molar-refractivity contribution in [3.8, 4) is 0 Å². The largest absolute Gasteiger partial charge is 1.00 e. The Morgan fingerprint density at radius 1 is 1.00 bits per heavy atom. The second kappa shape index (κ2) is 6.71. The van der Waals surface area contributed by atoms with Crippen molar-refractivity contribution in [2.45, 2.75) is 39.5 Å². The summed E-state index contributed by atoms with van der Waals surface area (Å²) in [5.74, 6) is 1.10. The van der Waals surface area contributed by atoms with Crippen molar-refractivity contribution in [2.24, 2.45) is 5.92 Å². The van der Waals surface area contributed by atoms with Crippen molar-refractivity contribution in [3.05, 3.63) is 0 Å². The predicted molar refractivity (Wildman–Crippen MR) is 73.8 cm³/mol. The van der Waals surface area contributed by atoms with Crippen molar-refractivity contribution >= 4 is 0 Å². The number of hydrogen-bond donors (Lipinski definition) is 0. The number of quaternary nitrogens is 2. The zero-order chi connectivity index (χ0) is 12.4. The van der Waals surface area contributed by atoms with Gasteiger partial charge in [0.25, 0.3) is 0 Å². The molecule has 0 aromatic heterocycles. The van der Waals surface area contributed by atoms with Crippen LogP contribution in [-0.2, 0) is 0 Å². The van der Waals surface area contributed by atoms with E-state index in [0.29, 0.717) is 0 Å². The molecule has 3 aliphatic heterocycles. The van der Waals surface area contributed by atoms with Crippen LogP contribution in [0.4, 0.5) is 0 Å². The Morgan fingerprint density at radius 2 is 1.50 bits per heavy atom. The number of rotatable bonds is 6. The fourth-order valence-corrected chi connectivity index (χ4v) is 3.80. The third-order valence-electron chi connectivity index (χ3n) is 5.89. The highest BCUT2D eigenvalue weighted by Gasteiger charge is 2.39. The van der Waals surface area contributed by atoms with Gasteiger partial charge < -0.3 is 25.9 Å². The van der Waals surface area contributed by atoms with Crippen molar-refractivity contribution in [1.82, 2.24) is 0 Å². The van der Waals surface area contributed by atoms with Crippen LogP contribution >= 0.6 is 0 Å². The summed E-state index contributed by atoms with van der Waals surface area (Å²) >= 11 is 0. The van der Waals surface area contributed by atoms with Crippen molar-refractivity contribution in [3.63, 3.8) is 0 Å². The second-order valence-corrected chi connectivity index (χ2v) is 6.80. The highest BCUT2D eigenvalue weighted by Crippen LogP contribution is 2.33. The van der Waals surface area contributed by atoms with E-state index in [1.54, 1.807) is 0 Å². The minimum Gasteiger partial charge on any atom is -1.00 e. The standard InChI is InChI=1S/C15H32N2.BrH/c1-4-16(3,5-2)10-6-11-17-12-7-15(8-13-17)9-14-17;/h15H,4-14H2,1-3H3;1H/q+2;/p-1. The normalized spacial score (nSPS) is 31.2. The summed E-state index contributed by atoms with van der Waals surface area (Å²) in [6, 6.07) is 0. The lowest BCUT2D eigenvalue weighted by molar-refractivity contribution is -0.949. The van der Waals surface area contributed by atoms with Gasteiger partial charge in [0.2, 0.25) is 0 Å². The van der Waals surface area contributed by atoms with E-state index in [2.05, 4.69) is 20.9 Å². The average Bonchev–Trinajstić information content (AvgIpc) is 2.40. The number of fused-ring (bicyclic) bond motifs is 3. The Hall–Kier alpha value is 0.400. The molecule has 0 radical (unpaired) electrons. The van der Waals surface area contributed by atoms with Crippen LogP contribution in [0, 0.1) is 5.92 Å². The Morgan fingerprint density at radius 3 is 1.94 bits per heavy atom. The van der Waals surface area contributed by atoms with Crippen LogP contribution in [0.25, 0.3) is 0 Å². The molecule has 0 N–H and O–H groups in total. The monoisotopic (exact) mass is 319 g/mol. The molecule has 3 heteroatoms. The van der Waals surface area contributed by atoms with Crippen LogP contribution in [0.15, 0.2) is 0 Å². The Labute approximate surface area is 124 Å². The van der Waals surface area contributed by atoms with Crippen LogP contribution in [0.5, 0.6) is 0 Å². The SMILES string of the molecule is CC[N+](C)(CC)CCC[N+]12CCC(CC1)CC2.[Br-]. The number of piperidine rings is 3. The molecule has 2 bridgehead atoms. The molecule has 0 unspecified atom stereocenters. The third-order valence-corrected chi connectivity index (χ3v) is 5.89. The summed E-state index contributed by atoms with van der Waals surface area (Å²) in [4.78, 5) is 0. The molecule has 2 nitrogen and oxygen atoms in total. The molecule has 3 heterocycles. The van der Waals surface area contributed by atoms with Crippen LogP contribution in [0.3, 0.4) is 0 Å². The van der Waals surface area contributed by atoms with Crippen LogP contribution in [-0.4, -0.2) is 61.8 Å². The van der Waals surface area contributed by atoms with Crippen molar-refractivity contribution in [2.75, 3.05) is 52.9 Å². The molecule has 0 saturated carbocycles. The minimum absolute atomic E-state index is 0. The summed E-state index contributed by atoms with van der Waals surface area (Å²) in [6.07, 6.45) is 6.00. The van der Waals surface area contributed by atoms with E-state index in [4.69, 9.17) is 0 Å². The van der Waals surface area contributed by atoms with E-state index in [-0.39, 0.29) is 17.0 Å². The molecular formula is C15H32BrN2+. The summed E-state index contributed by atoms with van der Waals surface area (Å²) in [5, 5.41) is 0. The molecule has 3 saturated heterocycles. The molecule has 0 aromatic rings. The highest BCUT2D eigenvalue weighted by atomic mass is 79.9. The molecule has 3 aliphatic rings. The molecule has 3 fully saturated rings. The fraction of sp³-hybridized carbons (Fsp3) is 1.00. The quantitative estimate of drug-likeness (QED) is 0.579. The van der Waals surface area contributed by atoms with Crippen LogP contribution in [0.1, 0.15) is 39.5 Å². The van der Waals surface area contributed by atoms with Gasteiger partial charge in [0.15, 0.2) is 0 Å². The zero-order valence-corrected chi connectivity index (χ0v) is 14.2. The van der Waals surface area contributed by atoms with Gasteiger partial charge in [-0.3, -0.25) is 0 Å². The molecule has 3 rings (SSSR count). The maximum atomic E-state index is 2.42. The smallest absolute Gasteiger partial charge is 0.0841 e. The zero-order valence-electron chi connectivity index (χ0n) is 12.6. The number of halogens is 1. The fourth-order valence-electron chi connectivity index (χ4n) is 3.80. The van der Waals surface area contributed by atoms with Gasteiger partial charge in [-0.2, -0.15) is 0 Å². The number of nitrogens with zero attached hydrogens (tertiary/aromatic N) is 2. The van der Waals surface area contributed by atoms with Gasteiger partial charge in [-0.05, 0) is 39.0 Å². The lowest BCUT2D eigenvalue weighted by Crippen LogP contribution is -3.00. The number of hydrogen-bond acceptors (Lipinski definition) is 0. The summed E-state index contributed by atoms with van der Waals surface area (Å²) < 4.78 is 2.74. The molecule has 18 heavy (non-hydrogen) atoms. The van der Waals surface area contributed by atoms with Gasteiger partial charge in [0.05, 0.1) is 52.9 Å². The van der Waals surface area contributed by atoms with E-state index in [0.717, 1.165) is 5.92 Å². The van der Waals surface area contributed by atoms with Gasteiger partial charge in [0, 0.05) is 6.42 Å². The van der Waals surface area contributed by atoms with E-state index >= 15 is 0 Å². The maximum absolute atomic E-state index is 2.42. The van der Waals surface area contributed by atoms with E-state index in [9.17, 15) is 0 Å². The van der Waals surface area contributed by atoms with Gasteiger partial charge >= 0.3 is 0 Å². The Balaban J connectivity index is 0.00000162. The van der Waals surface area contributed by atoms with E-state index in [1.165, 1.54) is 80.5 Å². The van der Waals surface area contributed by atoms with Crippen LogP contribution < -0.4 is 17.0 Å². The molecule has 0 aromatic carbocycles. The molecule has 0 spiro atoms. The van der Waals surface area contributed by atoms with Gasteiger partial charge in [-0.15, -0.1) is 0 Å². The van der Waals surface area contributed by atoms with Crippen LogP contribution in [0.2, 0.25) is 0 Å². The first-order valence-electron chi connectivity index (χ1n) is 7.80. The minimum atomic E-state index is 0. The second-order valence-electron chi connectivity index (χ2n) is 6.80. The topological polar surface area (TPSA) is 0 Å². The molecular weight excluding hydrogens is 288 g/mol. The highest BCUT2D eigenvalue weighted by molar-refractivity contribution is 4.71. The van der Waals surface area contributed by atoms with Gasteiger partial charge in [-0.25, -0.2) is 0 Å². The van der Waals surface area contributed by atoms with Gasteiger partial charge in [-0.1, -0.05) is 0 Å². The van der Waals surface area contributed by atoms with Crippen molar-refractivity contribution in [1.29, 1.82) is 0 Å². The Bertz CT molecular complexity index is 229. The summed E-state index contributed by atoms with van der Waals surface area (Å²) in [5.41, 5.74) is 0. The lowest BCUT2D eigenvalue weighted by atomic mass is 9.85. The Kier molecular flexibility index (Phi) is 6.14. The van der Waals surface area contributed by atoms with E-state index < -0.39 is 0 Å². The molecule has 0 aliphatic carbocycles. The van der Waals surface area contributed by atoms with E-state index in [1.807, 2.05) is 0 Å². The summed E-state index contributed by atoms with van der Waals surface area (Å²) in [7, 11) is 2.42. The third kappa shape index (κ3) is 3.71. The molecule has 0 atom stereocenters. The lowest BCUT2D eigenvalue weighted by Gasteiger charge is -2.49. The molecule has 0 amide bonds.